The summed E-state index contributed by atoms with van der Waals surface area (Å²) in [4.78, 5) is 17.2. The Morgan fingerprint density at radius 1 is 1.28 bits per heavy atom. The molecule has 0 saturated carbocycles. The van der Waals surface area contributed by atoms with Crippen molar-refractivity contribution >= 4 is 5.91 Å². The van der Waals surface area contributed by atoms with Crippen LogP contribution in [0.5, 0.6) is 0 Å². The largest absolute Gasteiger partial charge is 0.367 e. The van der Waals surface area contributed by atoms with E-state index in [2.05, 4.69) is 21.2 Å². The zero-order valence-electron chi connectivity index (χ0n) is 15.9. The van der Waals surface area contributed by atoms with Gasteiger partial charge in [-0.3, -0.25) is 9.69 Å². The number of halogens is 3. The predicted octanol–water partition coefficient (Wildman–Crippen LogP) is 2.44. The number of allylic oxidation sites excluding steroid dienone is 1. The van der Waals surface area contributed by atoms with Crippen molar-refractivity contribution in [3.05, 3.63) is 58.7 Å². The number of nitrogens with zero attached hydrogens (tertiary/aromatic N) is 2. The fourth-order valence-corrected chi connectivity index (χ4v) is 4.66. The number of benzene rings is 1. The quantitative estimate of drug-likeness (QED) is 0.785. The first kappa shape index (κ1) is 18.7. The summed E-state index contributed by atoms with van der Waals surface area (Å²) in [6.07, 6.45) is 6.48. The van der Waals surface area contributed by atoms with Crippen LogP contribution in [0.3, 0.4) is 0 Å². The minimum Gasteiger partial charge on any atom is -0.367 e. The molecule has 3 saturated heterocycles. The Labute approximate surface area is 166 Å². The zero-order valence-corrected chi connectivity index (χ0v) is 15.9. The van der Waals surface area contributed by atoms with Gasteiger partial charge in [-0.15, -0.1) is 0 Å². The van der Waals surface area contributed by atoms with Crippen LogP contribution in [-0.2, 0) is 16.1 Å². The van der Waals surface area contributed by atoms with Gasteiger partial charge in [-0.05, 0) is 25.8 Å². The maximum atomic E-state index is 13.8. The smallest absolute Gasteiger partial charge is 0.249 e. The van der Waals surface area contributed by atoms with E-state index in [1.54, 1.807) is 0 Å². The molecule has 1 aromatic rings. The Morgan fingerprint density at radius 2 is 2.03 bits per heavy atom. The monoisotopic (exact) mass is 405 g/mol. The molecule has 5 nitrogen and oxygen atoms in total. The van der Waals surface area contributed by atoms with Gasteiger partial charge >= 0.3 is 0 Å². The maximum Gasteiger partial charge on any atom is 0.249 e. The summed E-state index contributed by atoms with van der Waals surface area (Å²) in [5.74, 6) is -3.39. The Balaban J connectivity index is 1.32. The van der Waals surface area contributed by atoms with Gasteiger partial charge in [0.15, 0.2) is 0 Å². The highest BCUT2D eigenvalue weighted by Gasteiger charge is 2.56. The molecule has 0 radical (unpaired) electrons. The Hall–Kier alpha value is -2.32. The predicted molar refractivity (Wildman–Crippen MR) is 98.9 cm³/mol. The van der Waals surface area contributed by atoms with Crippen LogP contribution in [0, 0.1) is 17.5 Å². The number of fused-ring (bicyclic) bond motifs is 5. The van der Waals surface area contributed by atoms with Gasteiger partial charge in [-0.2, -0.15) is 0 Å². The summed E-state index contributed by atoms with van der Waals surface area (Å²) >= 11 is 0. The molecule has 3 fully saturated rings. The number of amides is 1. The molecule has 2 bridgehead atoms. The molecule has 4 aliphatic heterocycles. The van der Waals surface area contributed by atoms with Crippen molar-refractivity contribution < 1.29 is 22.7 Å². The van der Waals surface area contributed by atoms with Crippen LogP contribution in [0.4, 0.5) is 13.2 Å². The van der Waals surface area contributed by atoms with Crippen LogP contribution >= 0.6 is 0 Å². The molecule has 1 spiro atoms. The van der Waals surface area contributed by atoms with Crippen molar-refractivity contribution in [2.45, 2.75) is 37.5 Å². The lowest BCUT2D eigenvalue weighted by molar-refractivity contribution is -0.117. The van der Waals surface area contributed by atoms with Crippen LogP contribution in [0.2, 0.25) is 0 Å². The third-order valence-electron chi connectivity index (χ3n) is 6.36. The van der Waals surface area contributed by atoms with Gasteiger partial charge in [-0.25, -0.2) is 13.2 Å². The van der Waals surface area contributed by atoms with Crippen molar-refractivity contribution in [2.75, 3.05) is 26.2 Å². The zero-order chi connectivity index (χ0) is 20.2. The van der Waals surface area contributed by atoms with Crippen molar-refractivity contribution in [2.24, 2.45) is 0 Å². The second-order valence-corrected chi connectivity index (χ2v) is 8.20. The Kier molecular flexibility index (Phi) is 4.43. The van der Waals surface area contributed by atoms with Crippen LogP contribution in [0.1, 0.15) is 24.8 Å². The van der Waals surface area contributed by atoms with Crippen molar-refractivity contribution in [1.82, 2.24) is 15.1 Å². The number of carbonyl (C=O) groups excluding carboxylic acids is 1. The summed E-state index contributed by atoms with van der Waals surface area (Å²) < 4.78 is 46.5. The number of nitrogens with one attached hydrogen (secondary N) is 1. The van der Waals surface area contributed by atoms with E-state index in [0.29, 0.717) is 24.1 Å². The first-order valence-electron chi connectivity index (χ1n) is 9.91. The Morgan fingerprint density at radius 3 is 2.76 bits per heavy atom. The fourth-order valence-electron chi connectivity index (χ4n) is 4.66. The Bertz CT molecular complexity index is 903. The molecule has 1 amide bonds. The van der Waals surface area contributed by atoms with E-state index in [0.717, 1.165) is 39.1 Å². The SMILES string of the molecule is O=C(NCc1c(F)cc(F)cc1F)C1=CN2C(=CC1)CN1CCCC3(CO3)C2C1. The van der Waals surface area contributed by atoms with Gasteiger partial charge in [0, 0.05) is 54.8 Å². The average molecular weight is 405 g/mol. The molecule has 1 N–H and O–H groups in total. The molecule has 5 rings (SSSR count). The van der Waals surface area contributed by atoms with Crippen LogP contribution in [0.25, 0.3) is 0 Å². The number of carbonyl (C=O) groups is 1. The van der Waals surface area contributed by atoms with E-state index in [1.807, 2.05) is 6.20 Å². The minimum absolute atomic E-state index is 0.135. The normalized spacial score (nSPS) is 30.2. The molecular weight excluding hydrogens is 383 g/mol. The highest BCUT2D eigenvalue weighted by atomic mass is 19.1. The molecule has 3 unspecified atom stereocenters. The molecule has 4 heterocycles. The molecule has 0 aromatic heterocycles. The lowest BCUT2D eigenvalue weighted by Gasteiger charge is -2.44. The highest BCUT2D eigenvalue weighted by Crippen LogP contribution is 2.44. The summed E-state index contributed by atoms with van der Waals surface area (Å²) in [5.41, 5.74) is 1.22. The van der Waals surface area contributed by atoms with E-state index in [9.17, 15) is 18.0 Å². The number of epoxide rings is 1. The summed E-state index contributed by atoms with van der Waals surface area (Å²) in [6, 6.07) is 1.39. The molecule has 154 valence electrons. The van der Waals surface area contributed by atoms with Crippen molar-refractivity contribution in [1.29, 1.82) is 0 Å². The molecule has 4 aliphatic rings. The van der Waals surface area contributed by atoms with Gasteiger partial charge in [0.05, 0.1) is 12.6 Å². The second kappa shape index (κ2) is 6.88. The molecule has 0 aliphatic carbocycles. The molecule has 29 heavy (non-hydrogen) atoms. The van der Waals surface area contributed by atoms with Gasteiger partial charge < -0.3 is 15.0 Å². The third-order valence-corrected chi connectivity index (χ3v) is 6.36. The minimum atomic E-state index is -1.01. The van der Waals surface area contributed by atoms with E-state index in [1.165, 1.54) is 5.70 Å². The number of ether oxygens (including phenoxy) is 1. The lowest BCUT2D eigenvalue weighted by Crippen LogP contribution is -2.55. The standard InChI is InChI=1S/C21H22F3N3O2/c22-14-6-17(23)16(18(24)7-14)8-25-20(28)13-2-3-15-10-26-5-1-4-21(12-29-21)19(11-26)27(15)9-13/h3,6-7,9,19H,1-2,4-5,8,10-12H2,(H,25,28). The number of rotatable bonds is 3. The third kappa shape index (κ3) is 3.34. The number of piperazine rings is 1. The first-order valence-corrected chi connectivity index (χ1v) is 9.91. The van der Waals surface area contributed by atoms with Crippen LogP contribution in [0.15, 0.2) is 35.7 Å². The summed E-state index contributed by atoms with van der Waals surface area (Å²) in [5, 5.41) is 2.56. The van der Waals surface area contributed by atoms with Gasteiger partial charge in [0.25, 0.3) is 0 Å². The molecule has 8 heteroatoms. The maximum absolute atomic E-state index is 13.8. The van der Waals surface area contributed by atoms with Gasteiger partial charge in [0.2, 0.25) is 5.91 Å². The van der Waals surface area contributed by atoms with Crippen molar-refractivity contribution in [3.63, 3.8) is 0 Å². The fraction of sp³-hybridized carbons (Fsp3) is 0.476. The topological polar surface area (TPSA) is 48.1 Å². The van der Waals surface area contributed by atoms with E-state index in [-0.39, 0.29) is 29.7 Å². The van der Waals surface area contributed by atoms with Gasteiger partial charge in [0.1, 0.15) is 23.1 Å². The first-order chi connectivity index (χ1) is 13.9. The lowest BCUT2D eigenvalue weighted by atomic mass is 9.92. The van der Waals surface area contributed by atoms with Crippen LogP contribution < -0.4 is 5.32 Å². The van der Waals surface area contributed by atoms with E-state index < -0.39 is 17.5 Å². The van der Waals surface area contributed by atoms with E-state index >= 15 is 0 Å². The second-order valence-electron chi connectivity index (χ2n) is 8.20. The summed E-state index contributed by atoms with van der Waals surface area (Å²) in [6.45, 7) is 3.21. The van der Waals surface area contributed by atoms with Crippen LogP contribution in [-0.4, -0.2) is 53.6 Å². The van der Waals surface area contributed by atoms with Gasteiger partial charge in [-0.1, -0.05) is 6.08 Å². The molecule has 3 atom stereocenters. The van der Waals surface area contributed by atoms with Crippen molar-refractivity contribution in [3.8, 4) is 0 Å². The number of hydrogen-bond acceptors (Lipinski definition) is 4. The highest BCUT2D eigenvalue weighted by molar-refractivity contribution is 5.93. The average Bonchev–Trinajstić information content (AvgIpc) is 3.48. The molecule has 1 aromatic carbocycles. The number of hydrogen-bond donors (Lipinski definition) is 1. The van der Waals surface area contributed by atoms with E-state index in [4.69, 9.17) is 4.74 Å². The summed E-state index contributed by atoms with van der Waals surface area (Å²) in [7, 11) is 0. The molecular formula is C21H22F3N3O2.